The number of aromatic nitrogens is 2. The van der Waals surface area contributed by atoms with Crippen molar-refractivity contribution in [2.24, 2.45) is 10.9 Å². The Morgan fingerprint density at radius 2 is 2.06 bits per heavy atom. The second kappa shape index (κ2) is 4.96. The van der Waals surface area contributed by atoms with Gasteiger partial charge in [-0.3, -0.25) is 0 Å². The van der Waals surface area contributed by atoms with Crippen LogP contribution in [0.3, 0.4) is 0 Å². The topological polar surface area (TPSA) is 108 Å². The van der Waals surface area contributed by atoms with E-state index in [1.807, 2.05) is 0 Å². The van der Waals surface area contributed by atoms with Crippen molar-refractivity contribution in [3.05, 3.63) is 18.1 Å². The summed E-state index contributed by atoms with van der Waals surface area (Å²) >= 11 is 0. The van der Waals surface area contributed by atoms with Gasteiger partial charge in [0.25, 0.3) is 0 Å². The first-order valence-electron chi connectivity index (χ1n) is 5.07. The third-order valence-electron chi connectivity index (χ3n) is 2.01. The Bertz CT molecular complexity index is 413. The van der Waals surface area contributed by atoms with Crippen molar-refractivity contribution in [3.63, 3.8) is 0 Å². The molecular weight excluding hydrogens is 222 g/mol. The highest BCUT2D eigenvalue weighted by Gasteiger charge is 2.20. The molecule has 17 heavy (non-hydrogen) atoms. The fraction of sp³-hybridized carbons (Fsp3) is 0.500. The minimum atomic E-state index is -0.880. The Kier molecular flexibility index (Phi) is 3.84. The third-order valence-corrected chi connectivity index (χ3v) is 2.01. The molecule has 7 heteroatoms. The van der Waals surface area contributed by atoms with Crippen molar-refractivity contribution in [1.82, 2.24) is 9.97 Å². The molecule has 1 aromatic rings. The van der Waals surface area contributed by atoms with Gasteiger partial charge in [0.2, 0.25) is 0 Å². The normalized spacial score (nSPS) is 12.6. The molecule has 0 saturated heterocycles. The second-order valence-corrected chi connectivity index (χ2v) is 4.38. The zero-order valence-electron chi connectivity index (χ0n) is 10.1. The number of anilines is 1. The van der Waals surface area contributed by atoms with Gasteiger partial charge >= 0.3 is 0 Å². The molecule has 7 nitrogen and oxygen atoms in total. The van der Waals surface area contributed by atoms with E-state index in [1.54, 1.807) is 25.8 Å². The summed E-state index contributed by atoms with van der Waals surface area (Å²) in [5, 5.41) is 21.3. The second-order valence-electron chi connectivity index (χ2n) is 4.38. The zero-order chi connectivity index (χ0) is 13.1. The number of hydrogen-bond donors (Lipinski definition) is 3. The Morgan fingerprint density at radius 1 is 1.47 bits per heavy atom. The lowest BCUT2D eigenvalue weighted by molar-refractivity contribution is 0.0884. The van der Waals surface area contributed by atoms with Crippen LogP contribution in [0, 0.1) is 0 Å². The monoisotopic (exact) mass is 239 g/mol. The number of nitrogens with zero attached hydrogens (tertiary/aromatic N) is 4. The number of oxime groups is 1. The van der Waals surface area contributed by atoms with Crippen LogP contribution in [0.25, 0.3) is 0 Å². The fourth-order valence-electron chi connectivity index (χ4n) is 1.49. The third kappa shape index (κ3) is 3.56. The molecule has 1 aromatic heterocycles. The summed E-state index contributed by atoms with van der Waals surface area (Å²) in [6.07, 6.45) is 2.96. The molecule has 94 valence electrons. The van der Waals surface area contributed by atoms with Gasteiger partial charge in [0.1, 0.15) is 0 Å². The van der Waals surface area contributed by atoms with E-state index in [4.69, 9.17) is 10.9 Å². The van der Waals surface area contributed by atoms with E-state index in [0.717, 1.165) is 0 Å². The van der Waals surface area contributed by atoms with Crippen LogP contribution in [-0.4, -0.2) is 45.3 Å². The van der Waals surface area contributed by atoms with Crippen molar-refractivity contribution in [2.45, 2.75) is 19.4 Å². The van der Waals surface area contributed by atoms with Crippen molar-refractivity contribution in [1.29, 1.82) is 0 Å². The van der Waals surface area contributed by atoms with Crippen LogP contribution in [0.15, 0.2) is 17.5 Å². The van der Waals surface area contributed by atoms with E-state index in [0.29, 0.717) is 12.4 Å². The molecule has 0 aliphatic heterocycles. The molecule has 4 N–H and O–H groups in total. The highest BCUT2D eigenvalue weighted by molar-refractivity contribution is 5.99. The molecule has 0 atom stereocenters. The average Bonchev–Trinajstić information content (AvgIpc) is 2.25. The smallest absolute Gasteiger partial charge is 0.192 e. The maximum absolute atomic E-state index is 9.74. The number of amidine groups is 1. The summed E-state index contributed by atoms with van der Waals surface area (Å²) < 4.78 is 0. The molecular formula is C10H17N5O2. The first-order valence-corrected chi connectivity index (χ1v) is 5.07. The van der Waals surface area contributed by atoms with E-state index >= 15 is 0 Å². The molecule has 0 aliphatic rings. The number of aliphatic hydroxyl groups is 1. The maximum atomic E-state index is 9.74. The van der Waals surface area contributed by atoms with Gasteiger partial charge in [-0.05, 0) is 13.8 Å². The summed E-state index contributed by atoms with van der Waals surface area (Å²) in [6, 6.07) is 0. The van der Waals surface area contributed by atoms with Crippen LogP contribution >= 0.6 is 0 Å². The van der Waals surface area contributed by atoms with Crippen molar-refractivity contribution >= 4 is 11.7 Å². The molecule has 0 fully saturated rings. The van der Waals surface area contributed by atoms with Crippen LogP contribution in [-0.2, 0) is 0 Å². The molecule has 0 amide bonds. The summed E-state index contributed by atoms with van der Waals surface area (Å²) in [6.45, 7) is 3.71. The van der Waals surface area contributed by atoms with Gasteiger partial charge < -0.3 is 20.9 Å². The first kappa shape index (κ1) is 13.2. The molecule has 1 rings (SSSR count). The molecule has 0 bridgehead atoms. The van der Waals surface area contributed by atoms with E-state index in [1.165, 1.54) is 12.4 Å². The van der Waals surface area contributed by atoms with Crippen LogP contribution < -0.4 is 10.6 Å². The largest absolute Gasteiger partial charge is 0.409 e. The molecule has 0 aliphatic carbocycles. The lowest BCUT2D eigenvalue weighted by Crippen LogP contribution is -2.38. The van der Waals surface area contributed by atoms with Crippen LogP contribution in [0.4, 0.5) is 5.82 Å². The molecule has 0 spiro atoms. The van der Waals surface area contributed by atoms with Crippen LogP contribution in [0.5, 0.6) is 0 Å². The van der Waals surface area contributed by atoms with E-state index in [-0.39, 0.29) is 11.5 Å². The minimum absolute atomic E-state index is 0.115. The highest BCUT2D eigenvalue weighted by Crippen LogP contribution is 2.15. The van der Waals surface area contributed by atoms with E-state index in [9.17, 15) is 5.11 Å². The lowest BCUT2D eigenvalue weighted by Gasteiger charge is -2.27. The molecule has 0 aromatic carbocycles. The zero-order valence-corrected chi connectivity index (χ0v) is 10.1. The minimum Gasteiger partial charge on any atom is -0.409 e. The van der Waals surface area contributed by atoms with E-state index < -0.39 is 5.60 Å². The summed E-state index contributed by atoms with van der Waals surface area (Å²) in [5.41, 5.74) is 4.90. The number of rotatable bonds is 4. The van der Waals surface area contributed by atoms with Crippen molar-refractivity contribution in [2.75, 3.05) is 18.5 Å². The summed E-state index contributed by atoms with van der Waals surface area (Å²) in [7, 11) is 1.75. The Balaban J connectivity index is 3.05. The van der Waals surface area contributed by atoms with Gasteiger partial charge in [-0.1, -0.05) is 5.16 Å². The van der Waals surface area contributed by atoms with Gasteiger partial charge in [-0.15, -0.1) is 0 Å². The Morgan fingerprint density at radius 3 is 2.59 bits per heavy atom. The quantitative estimate of drug-likeness (QED) is 0.290. The maximum Gasteiger partial charge on any atom is 0.192 e. The Hall–Kier alpha value is -1.89. The van der Waals surface area contributed by atoms with E-state index in [2.05, 4.69) is 15.1 Å². The highest BCUT2D eigenvalue weighted by atomic mass is 16.4. The fourth-order valence-corrected chi connectivity index (χ4v) is 1.49. The Labute approximate surface area is 99.6 Å². The number of likely N-dealkylation sites (N-methyl/N-ethyl adjacent to an activating group) is 1. The summed E-state index contributed by atoms with van der Waals surface area (Å²) in [4.78, 5) is 9.81. The van der Waals surface area contributed by atoms with Crippen molar-refractivity contribution in [3.8, 4) is 0 Å². The molecule has 0 radical (unpaired) electrons. The summed E-state index contributed by atoms with van der Waals surface area (Å²) in [5.74, 6) is 0.334. The van der Waals surface area contributed by atoms with Gasteiger partial charge in [-0.25, -0.2) is 9.97 Å². The van der Waals surface area contributed by atoms with Crippen LogP contribution in [0.2, 0.25) is 0 Å². The first-order chi connectivity index (χ1) is 7.85. The van der Waals surface area contributed by atoms with Crippen LogP contribution in [0.1, 0.15) is 19.5 Å². The van der Waals surface area contributed by atoms with Gasteiger partial charge in [0.05, 0.1) is 5.60 Å². The number of nitrogens with two attached hydrogens (primary N) is 1. The standard InChI is InChI=1S/C10H17N5O2/c1-10(2,16)6-15(3)9-7(8(11)14-17)12-4-5-13-9/h4-5,16-17H,6H2,1-3H3,(H2,11,14). The lowest BCUT2D eigenvalue weighted by atomic mass is 10.1. The van der Waals surface area contributed by atoms with Gasteiger partial charge in [0, 0.05) is 26.0 Å². The number of hydrogen-bond acceptors (Lipinski definition) is 6. The predicted molar refractivity (Wildman–Crippen MR) is 64.1 cm³/mol. The molecule has 1 heterocycles. The van der Waals surface area contributed by atoms with Gasteiger partial charge in [0.15, 0.2) is 17.3 Å². The SMILES string of the molecule is CN(CC(C)(C)O)c1nccnc1C(N)=NO. The molecule has 0 unspecified atom stereocenters. The van der Waals surface area contributed by atoms with Crippen molar-refractivity contribution < 1.29 is 10.3 Å². The molecule has 0 saturated carbocycles. The predicted octanol–water partition coefficient (Wildman–Crippen LogP) is -0.222. The average molecular weight is 239 g/mol. The van der Waals surface area contributed by atoms with Gasteiger partial charge in [-0.2, -0.15) is 0 Å².